The highest BCUT2D eigenvalue weighted by molar-refractivity contribution is 6.33. The van der Waals surface area contributed by atoms with Crippen molar-refractivity contribution < 1.29 is 14.7 Å². The van der Waals surface area contributed by atoms with Gasteiger partial charge in [-0.1, -0.05) is 65.3 Å². The Morgan fingerprint density at radius 1 is 1.18 bits per heavy atom. The number of hydrogen-bond acceptors (Lipinski definition) is 4. The molecular formula is C21H22Cl2N2O3. The lowest BCUT2D eigenvalue weighted by molar-refractivity contribution is -0.133. The van der Waals surface area contributed by atoms with E-state index in [4.69, 9.17) is 21.5 Å². The molecule has 0 fully saturated rings. The molecule has 28 heavy (non-hydrogen) atoms. The molecule has 2 aromatic carbocycles. The topological polar surface area (TPSA) is 62.1 Å². The Balaban J connectivity index is 0.00000280. The fourth-order valence-electron chi connectivity index (χ4n) is 3.00. The zero-order chi connectivity index (χ0) is 19.1. The van der Waals surface area contributed by atoms with Crippen LogP contribution in [-0.4, -0.2) is 48.4 Å². The molecule has 1 aliphatic rings. The highest BCUT2D eigenvalue weighted by Crippen LogP contribution is 2.29. The molecule has 0 atom stereocenters. The van der Waals surface area contributed by atoms with E-state index in [1.807, 2.05) is 48.5 Å². The number of halogens is 2. The summed E-state index contributed by atoms with van der Waals surface area (Å²) >= 11 is 6.31. The summed E-state index contributed by atoms with van der Waals surface area (Å²) in [5, 5.41) is 13.8. The smallest absolute Gasteiger partial charge is 0.332 e. The van der Waals surface area contributed by atoms with E-state index in [1.165, 1.54) is 0 Å². The van der Waals surface area contributed by atoms with E-state index in [0.717, 1.165) is 29.7 Å². The average Bonchev–Trinajstić information content (AvgIpc) is 2.69. The van der Waals surface area contributed by atoms with Gasteiger partial charge in [0, 0.05) is 41.4 Å². The second kappa shape index (κ2) is 10.9. The van der Waals surface area contributed by atoms with E-state index < -0.39 is 5.97 Å². The third-order valence-electron chi connectivity index (χ3n) is 4.39. The summed E-state index contributed by atoms with van der Waals surface area (Å²) in [6.07, 6.45) is 4.21. The number of carboxylic acids is 1. The van der Waals surface area contributed by atoms with Gasteiger partial charge in [-0.2, -0.15) is 0 Å². The molecule has 7 heteroatoms. The van der Waals surface area contributed by atoms with Gasteiger partial charge in [0.1, 0.15) is 6.61 Å². The second-order valence-electron chi connectivity index (χ2n) is 6.23. The molecule has 0 bridgehead atoms. The molecule has 5 nitrogen and oxygen atoms in total. The predicted molar refractivity (Wildman–Crippen MR) is 114 cm³/mol. The highest BCUT2D eigenvalue weighted by atomic mass is 35.5. The van der Waals surface area contributed by atoms with E-state index in [0.29, 0.717) is 30.3 Å². The molecule has 0 amide bonds. The normalized spacial score (nSPS) is 14.4. The molecule has 0 saturated heterocycles. The first-order chi connectivity index (χ1) is 13.1. The standard InChI is InChI=1S/C21H21ClN2O3.ClH/c22-20-10-4-3-9-19(20)18-8-2-1-6-16(18)14-23-27-13-12-24-11-5-7-17(15-24)21(25)26;/h1-4,6-10,14H,5,11-13,15H2,(H,25,26);1H. The van der Waals surface area contributed by atoms with Crippen LogP contribution in [0.2, 0.25) is 5.02 Å². The summed E-state index contributed by atoms with van der Waals surface area (Å²) < 4.78 is 0. The highest BCUT2D eigenvalue weighted by Gasteiger charge is 2.16. The van der Waals surface area contributed by atoms with E-state index in [1.54, 1.807) is 12.3 Å². The number of aliphatic carboxylic acids is 1. The van der Waals surface area contributed by atoms with E-state index >= 15 is 0 Å². The van der Waals surface area contributed by atoms with Crippen LogP contribution in [0.25, 0.3) is 11.1 Å². The van der Waals surface area contributed by atoms with Gasteiger partial charge in [-0.3, -0.25) is 4.90 Å². The van der Waals surface area contributed by atoms with Crippen molar-refractivity contribution in [2.75, 3.05) is 26.2 Å². The molecule has 148 valence electrons. The minimum atomic E-state index is -0.852. The van der Waals surface area contributed by atoms with Crippen LogP contribution in [0, 0.1) is 0 Å². The van der Waals surface area contributed by atoms with Gasteiger partial charge in [-0.25, -0.2) is 4.79 Å². The average molecular weight is 421 g/mol. The lowest BCUT2D eigenvalue weighted by Crippen LogP contribution is -2.34. The monoisotopic (exact) mass is 420 g/mol. The molecule has 1 N–H and O–H groups in total. The molecule has 1 heterocycles. The van der Waals surface area contributed by atoms with Crippen molar-refractivity contribution in [1.82, 2.24) is 4.90 Å². The Bertz CT molecular complexity index is 868. The summed E-state index contributed by atoms with van der Waals surface area (Å²) in [5.41, 5.74) is 3.29. The predicted octanol–water partition coefficient (Wildman–Crippen LogP) is 4.50. The Morgan fingerprint density at radius 3 is 2.64 bits per heavy atom. The lowest BCUT2D eigenvalue weighted by Gasteiger charge is -2.24. The van der Waals surface area contributed by atoms with Crippen LogP contribution < -0.4 is 0 Å². The molecule has 0 radical (unpaired) electrons. The fourth-order valence-corrected chi connectivity index (χ4v) is 3.24. The third kappa shape index (κ3) is 5.83. The van der Waals surface area contributed by atoms with Crippen LogP contribution in [0.15, 0.2) is 65.3 Å². The van der Waals surface area contributed by atoms with Crippen molar-refractivity contribution in [2.45, 2.75) is 6.42 Å². The number of benzene rings is 2. The summed E-state index contributed by atoms with van der Waals surface area (Å²) in [7, 11) is 0. The van der Waals surface area contributed by atoms with Crippen molar-refractivity contribution in [3.8, 4) is 11.1 Å². The molecule has 2 aromatic rings. The molecular weight excluding hydrogens is 399 g/mol. The van der Waals surface area contributed by atoms with Gasteiger partial charge in [0.25, 0.3) is 0 Å². The third-order valence-corrected chi connectivity index (χ3v) is 4.72. The molecule has 1 aliphatic heterocycles. The molecule has 3 rings (SSSR count). The largest absolute Gasteiger partial charge is 0.478 e. The van der Waals surface area contributed by atoms with Gasteiger partial charge in [-0.15, -0.1) is 12.4 Å². The Morgan fingerprint density at radius 2 is 1.89 bits per heavy atom. The number of carboxylic acid groups (broad SMARTS) is 1. The van der Waals surface area contributed by atoms with Crippen LogP contribution in [0.1, 0.15) is 12.0 Å². The van der Waals surface area contributed by atoms with E-state index in [9.17, 15) is 4.79 Å². The van der Waals surface area contributed by atoms with Crippen LogP contribution in [-0.2, 0) is 9.63 Å². The van der Waals surface area contributed by atoms with Crippen LogP contribution in [0.4, 0.5) is 0 Å². The SMILES string of the molecule is Cl.O=C(O)C1=CCCN(CCON=Cc2ccccc2-c2ccccc2Cl)C1. The maximum atomic E-state index is 11.0. The zero-order valence-electron chi connectivity index (χ0n) is 15.3. The van der Waals surface area contributed by atoms with Gasteiger partial charge in [0.2, 0.25) is 0 Å². The van der Waals surface area contributed by atoms with Crippen LogP contribution in [0.5, 0.6) is 0 Å². The number of hydrogen-bond donors (Lipinski definition) is 1. The maximum Gasteiger partial charge on any atom is 0.332 e. The summed E-state index contributed by atoms with van der Waals surface area (Å²) in [4.78, 5) is 18.5. The van der Waals surface area contributed by atoms with Gasteiger partial charge in [0.05, 0.1) is 6.21 Å². The summed E-state index contributed by atoms with van der Waals surface area (Å²) in [6, 6.07) is 15.5. The van der Waals surface area contributed by atoms with Crippen molar-refractivity contribution in [3.63, 3.8) is 0 Å². The van der Waals surface area contributed by atoms with Crippen LogP contribution in [0.3, 0.4) is 0 Å². The van der Waals surface area contributed by atoms with Crippen molar-refractivity contribution in [3.05, 3.63) is 70.8 Å². The first-order valence-electron chi connectivity index (χ1n) is 8.79. The number of rotatable bonds is 7. The number of carbonyl (C=O) groups is 1. The molecule has 0 aromatic heterocycles. The minimum Gasteiger partial charge on any atom is -0.478 e. The van der Waals surface area contributed by atoms with Crippen molar-refractivity contribution >= 4 is 36.2 Å². The van der Waals surface area contributed by atoms with Gasteiger partial charge in [0.15, 0.2) is 0 Å². The maximum absolute atomic E-state index is 11.0. The van der Waals surface area contributed by atoms with E-state index in [-0.39, 0.29) is 12.4 Å². The Kier molecular flexibility index (Phi) is 8.51. The Hall–Kier alpha value is -2.34. The first kappa shape index (κ1) is 22.0. The molecule has 0 aliphatic carbocycles. The van der Waals surface area contributed by atoms with Gasteiger partial charge in [-0.05, 0) is 18.1 Å². The van der Waals surface area contributed by atoms with E-state index in [2.05, 4.69) is 10.1 Å². The first-order valence-corrected chi connectivity index (χ1v) is 9.17. The van der Waals surface area contributed by atoms with Crippen molar-refractivity contribution in [2.24, 2.45) is 5.16 Å². The summed E-state index contributed by atoms with van der Waals surface area (Å²) in [5.74, 6) is -0.852. The summed E-state index contributed by atoms with van der Waals surface area (Å²) in [6.45, 7) is 2.31. The quantitative estimate of drug-likeness (QED) is 0.406. The van der Waals surface area contributed by atoms with Crippen molar-refractivity contribution in [1.29, 1.82) is 0 Å². The van der Waals surface area contributed by atoms with Gasteiger partial charge < -0.3 is 9.94 Å². The number of oxime groups is 1. The second-order valence-corrected chi connectivity index (χ2v) is 6.64. The number of nitrogens with zero attached hydrogens (tertiary/aromatic N) is 2. The minimum absolute atomic E-state index is 0. The molecule has 0 saturated carbocycles. The molecule has 0 spiro atoms. The lowest BCUT2D eigenvalue weighted by atomic mass is 10.0. The van der Waals surface area contributed by atoms with Gasteiger partial charge >= 0.3 is 5.97 Å². The fraction of sp³-hybridized carbons (Fsp3) is 0.238. The van der Waals surface area contributed by atoms with Crippen LogP contribution >= 0.6 is 24.0 Å². The molecule has 0 unspecified atom stereocenters. The zero-order valence-corrected chi connectivity index (χ0v) is 16.8. The Labute approximate surface area is 175 Å².